The molecule has 4 rings (SSSR count). The van der Waals surface area contributed by atoms with Crippen LogP contribution in [-0.4, -0.2) is 76.3 Å². The van der Waals surface area contributed by atoms with Gasteiger partial charge in [0.1, 0.15) is 36.6 Å². The zero-order valence-corrected chi connectivity index (χ0v) is 38.8. The lowest BCUT2D eigenvalue weighted by Gasteiger charge is -2.50. The molecule has 0 spiro atoms. The van der Waals surface area contributed by atoms with Gasteiger partial charge in [0.05, 0.1) is 134 Å². The molecule has 1 aliphatic rings. The van der Waals surface area contributed by atoms with Gasteiger partial charge in [0.15, 0.2) is 0 Å². The van der Waals surface area contributed by atoms with E-state index in [1.165, 1.54) is 0 Å². The summed E-state index contributed by atoms with van der Waals surface area (Å²) in [6.07, 6.45) is -7.29. The summed E-state index contributed by atoms with van der Waals surface area (Å²) in [5.74, 6) is 0. The Morgan fingerprint density at radius 3 is 0.758 bits per heavy atom. The van der Waals surface area contributed by atoms with Gasteiger partial charge in [0, 0.05) is 0 Å². The van der Waals surface area contributed by atoms with Crippen LogP contribution in [0.3, 0.4) is 0 Å². The van der Waals surface area contributed by atoms with Crippen molar-refractivity contribution in [3.8, 4) is 36.4 Å². The Kier molecular flexibility index (Phi) is 27.7. The summed E-state index contributed by atoms with van der Waals surface area (Å²) in [6.45, 7) is -0.430. The van der Waals surface area contributed by atoms with Crippen molar-refractivity contribution in [3.63, 3.8) is 0 Å². The molecule has 1 fully saturated rings. The van der Waals surface area contributed by atoms with Crippen molar-refractivity contribution in [2.45, 2.75) is 95.0 Å². The molecule has 0 radical (unpaired) electrons. The van der Waals surface area contributed by atoms with Gasteiger partial charge in [0.2, 0.25) is 0 Å². The summed E-state index contributed by atoms with van der Waals surface area (Å²) in [6, 6.07) is 40.3. The Labute approximate surface area is 389 Å². The molecule has 0 N–H and O–H groups in total. The minimum absolute atomic E-state index is 0.00397. The van der Waals surface area contributed by atoms with Crippen LogP contribution in [0.4, 0.5) is 0 Å². The van der Waals surface area contributed by atoms with Crippen LogP contribution in [0.25, 0.3) is 0 Å². The number of nitriles is 6. The molecule has 66 heavy (non-hydrogen) atoms. The van der Waals surface area contributed by atoms with E-state index in [0.29, 0.717) is 0 Å². The molecule has 0 saturated heterocycles. The van der Waals surface area contributed by atoms with Gasteiger partial charge in [-0.2, -0.15) is 31.6 Å². The summed E-state index contributed by atoms with van der Waals surface area (Å²) in [7, 11) is -7.05. The van der Waals surface area contributed by atoms with E-state index in [1.54, 1.807) is 0 Å². The Morgan fingerprint density at radius 2 is 0.530 bits per heavy atom. The molecule has 0 heterocycles. The fraction of sp³-hybridized carbons (Fsp3) is 0.467. The number of nitrogens with zero attached hydrogens (tertiary/aromatic N) is 6. The summed E-state index contributed by atoms with van der Waals surface area (Å²) in [5, 5.41) is 56.5. The third kappa shape index (κ3) is 20.1. The molecular formula is C45H51N6O12P3. The molecule has 0 bridgehead atoms. The highest BCUT2D eigenvalue weighted by Crippen LogP contribution is 2.53. The molecule has 6 atom stereocenters. The molecule has 0 aromatic heterocycles. The molecule has 348 valence electrons. The molecule has 3 aromatic rings. The third-order valence-corrected chi connectivity index (χ3v) is 12.5. The highest BCUT2D eigenvalue weighted by Gasteiger charge is 2.58. The molecule has 18 nitrogen and oxygen atoms in total. The average molecular weight is 961 g/mol. The lowest BCUT2D eigenvalue weighted by Crippen LogP contribution is -2.66. The van der Waals surface area contributed by atoms with E-state index in [9.17, 15) is 31.6 Å². The maximum atomic E-state index is 9.42. The highest BCUT2D eigenvalue weighted by atomic mass is 31.2. The summed E-state index contributed by atoms with van der Waals surface area (Å²) in [4.78, 5) is 0. The van der Waals surface area contributed by atoms with Crippen molar-refractivity contribution >= 4 is 25.8 Å². The summed E-state index contributed by atoms with van der Waals surface area (Å²) >= 11 is 0. The van der Waals surface area contributed by atoms with E-state index in [1.807, 2.05) is 115 Å². The Bertz CT molecular complexity index is 1990. The largest absolute Gasteiger partial charge is 0.368 e. The van der Waals surface area contributed by atoms with Crippen molar-refractivity contribution in [1.82, 2.24) is 0 Å². The molecule has 1 aliphatic carbocycles. The second-order valence-electron chi connectivity index (χ2n) is 13.6. The minimum atomic E-state index is -2.37. The van der Waals surface area contributed by atoms with Crippen LogP contribution in [0.1, 0.15) is 55.2 Å². The van der Waals surface area contributed by atoms with Gasteiger partial charge in [-0.25, -0.2) is 0 Å². The first-order valence-corrected chi connectivity index (χ1v) is 24.2. The van der Waals surface area contributed by atoms with Crippen molar-refractivity contribution in [3.05, 3.63) is 108 Å². The summed E-state index contributed by atoms with van der Waals surface area (Å²) in [5.41, 5.74) is 2.36. The van der Waals surface area contributed by atoms with Crippen LogP contribution in [0.2, 0.25) is 0 Å². The molecular weight excluding hydrogens is 909 g/mol. The van der Waals surface area contributed by atoms with Crippen LogP contribution in [0, 0.1) is 68.0 Å². The number of hydrogen-bond donors (Lipinski definition) is 0. The SMILES string of the molecule is N#CCCOP(OCCC#N)O[C@@H]1[C@@H](OCc2ccccc2)[C@H](OP(OCCC#N)OCCC#N)[C@@H](OP(OCCC#N)OCCC#N)[C@H](OCc2ccccc2)[C@@H]1OCc1ccccc1. The van der Waals surface area contributed by atoms with Gasteiger partial charge >= 0.3 is 25.8 Å². The smallest absolute Gasteiger partial charge is 0.333 e. The van der Waals surface area contributed by atoms with Gasteiger partial charge in [-0.3, -0.25) is 0 Å². The standard InChI is InChI=1S/C45H51N6O12P3/c46-22-10-28-55-64(56-29-11-23-47)61-43-40(52-34-37-16-4-1-5-17-37)41(53-35-38-18-6-2-7-19-38)44(62-65(57-30-12-24-48)58-31-13-25-49)45(42(43)54-36-39-20-8-3-9-21-39)63-66(59-32-14-26-50)60-33-15-27-51/h1-9,16-21,40-45H,10-15,28-36H2/t40-,41+,42+,43-,44-,45-/m0/s1. The second kappa shape index (κ2) is 33.8. The Balaban J connectivity index is 1.98. The lowest BCUT2D eigenvalue weighted by atomic mass is 9.84. The number of benzene rings is 3. The fourth-order valence-electron chi connectivity index (χ4n) is 5.94. The molecule has 21 heteroatoms. The first-order valence-electron chi connectivity index (χ1n) is 20.9. The molecule has 0 unspecified atom stereocenters. The maximum absolute atomic E-state index is 9.42. The second-order valence-corrected chi connectivity index (χ2v) is 17.1. The van der Waals surface area contributed by atoms with Gasteiger partial charge in [-0.15, -0.1) is 0 Å². The third-order valence-electron chi connectivity index (χ3n) is 8.89. The van der Waals surface area contributed by atoms with Crippen LogP contribution in [0.15, 0.2) is 91.0 Å². The van der Waals surface area contributed by atoms with E-state index in [4.69, 9.17) is 54.9 Å². The fourth-order valence-corrected chi connectivity index (χ4v) is 9.29. The zero-order valence-electron chi connectivity index (χ0n) is 36.2. The molecule has 1 saturated carbocycles. The van der Waals surface area contributed by atoms with E-state index in [0.717, 1.165) is 16.7 Å². The van der Waals surface area contributed by atoms with Crippen LogP contribution < -0.4 is 0 Å². The summed E-state index contributed by atoms with van der Waals surface area (Å²) < 4.78 is 77.3. The normalized spacial score (nSPS) is 19.0. The quantitative estimate of drug-likeness (QED) is 0.0407. The zero-order chi connectivity index (χ0) is 46.9. The van der Waals surface area contributed by atoms with Crippen molar-refractivity contribution in [2.75, 3.05) is 39.6 Å². The maximum Gasteiger partial charge on any atom is 0.333 e. The molecule has 3 aromatic carbocycles. The first-order chi connectivity index (χ1) is 32.5. The van der Waals surface area contributed by atoms with Crippen LogP contribution in [0.5, 0.6) is 0 Å². The van der Waals surface area contributed by atoms with E-state index in [-0.39, 0.29) is 98.0 Å². The van der Waals surface area contributed by atoms with Crippen molar-refractivity contribution < 1.29 is 54.9 Å². The number of hydrogen-bond acceptors (Lipinski definition) is 18. The van der Waals surface area contributed by atoms with E-state index in [2.05, 4.69) is 12.1 Å². The van der Waals surface area contributed by atoms with E-state index >= 15 is 0 Å². The van der Waals surface area contributed by atoms with Crippen molar-refractivity contribution in [1.29, 1.82) is 31.6 Å². The van der Waals surface area contributed by atoms with E-state index < -0.39 is 62.4 Å². The molecule has 0 amide bonds. The average Bonchev–Trinajstić information content (AvgIpc) is 3.34. The monoisotopic (exact) mass is 960 g/mol. The van der Waals surface area contributed by atoms with Crippen LogP contribution >= 0.6 is 25.8 Å². The Hall–Kier alpha value is -4.59. The van der Waals surface area contributed by atoms with Gasteiger partial charge in [-0.1, -0.05) is 91.0 Å². The first kappa shape index (κ1) is 54.0. The lowest BCUT2D eigenvalue weighted by molar-refractivity contribution is -0.250. The van der Waals surface area contributed by atoms with Gasteiger partial charge < -0.3 is 54.9 Å². The number of ether oxygens (including phenoxy) is 3. The van der Waals surface area contributed by atoms with Crippen LogP contribution in [-0.2, 0) is 74.7 Å². The van der Waals surface area contributed by atoms with Gasteiger partial charge in [-0.05, 0) is 16.7 Å². The number of rotatable bonds is 33. The van der Waals surface area contributed by atoms with Crippen molar-refractivity contribution in [2.24, 2.45) is 0 Å². The topological polar surface area (TPSA) is 253 Å². The highest BCUT2D eigenvalue weighted by molar-refractivity contribution is 7.42. The molecule has 0 aliphatic heterocycles. The predicted molar refractivity (Wildman–Crippen MR) is 238 cm³/mol. The minimum Gasteiger partial charge on any atom is -0.368 e. The predicted octanol–water partition coefficient (Wildman–Crippen LogP) is 9.17. The Morgan fingerprint density at radius 1 is 0.318 bits per heavy atom. The van der Waals surface area contributed by atoms with Gasteiger partial charge in [0.25, 0.3) is 0 Å².